The van der Waals surface area contributed by atoms with Crippen LogP contribution in [0, 0.1) is 0 Å². The Hall–Kier alpha value is -1.65. The van der Waals surface area contributed by atoms with Crippen molar-refractivity contribution in [3.05, 3.63) is 28.2 Å². The fraction of sp³-hybridized carbons (Fsp3) is 0.688. The third-order valence-corrected chi connectivity index (χ3v) is 3.44. The van der Waals surface area contributed by atoms with Gasteiger partial charge in [0, 0.05) is 18.7 Å². The van der Waals surface area contributed by atoms with E-state index in [9.17, 15) is 9.59 Å². The van der Waals surface area contributed by atoms with Gasteiger partial charge >= 0.3 is 0 Å². The molecule has 0 aliphatic heterocycles. The van der Waals surface area contributed by atoms with E-state index in [-0.39, 0.29) is 17.5 Å². The van der Waals surface area contributed by atoms with Crippen molar-refractivity contribution in [2.24, 2.45) is 0 Å². The van der Waals surface area contributed by atoms with E-state index in [1.54, 1.807) is 0 Å². The lowest BCUT2D eigenvalue weighted by atomic mass is 10.1. The third kappa shape index (κ3) is 6.10. The van der Waals surface area contributed by atoms with Crippen LogP contribution >= 0.6 is 0 Å². The van der Waals surface area contributed by atoms with Crippen molar-refractivity contribution < 1.29 is 4.79 Å². The standard InChI is InChI=1S/C16H27N3O2/c1-4-6-8-9-13(3)17-16(21)14-10-11-15(20)19(18-14)12-7-5-2/h10-11,13H,4-9,12H2,1-3H3,(H,17,21). The van der Waals surface area contributed by atoms with E-state index in [1.165, 1.54) is 29.7 Å². The number of nitrogens with one attached hydrogen (secondary N) is 1. The Morgan fingerprint density at radius 2 is 1.95 bits per heavy atom. The number of unbranched alkanes of at least 4 members (excludes halogenated alkanes) is 3. The van der Waals surface area contributed by atoms with Gasteiger partial charge in [0.25, 0.3) is 11.5 Å². The van der Waals surface area contributed by atoms with E-state index in [2.05, 4.69) is 24.3 Å². The summed E-state index contributed by atoms with van der Waals surface area (Å²) in [4.78, 5) is 23.8. The van der Waals surface area contributed by atoms with Crippen LogP contribution in [0.4, 0.5) is 0 Å². The minimum absolute atomic E-state index is 0.127. The molecule has 1 atom stereocenters. The molecule has 0 aliphatic rings. The zero-order chi connectivity index (χ0) is 15.7. The van der Waals surface area contributed by atoms with Crippen LogP contribution in [-0.4, -0.2) is 21.7 Å². The molecule has 0 radical (unpaired) electrons. The Morgan fingerprint density at radius 1 is 1.24 bits per heavy atom. The topological polar surface area (TPSA) is 64.0 Å². The van der Waals surface area contributed by atoms with E-state index >= 15 is 0 Å². The lowest BCUT2D eigenvalue weighted by Crippen LogP contribution is -2.35. The summed E-state index contributed by atoms with van der Waals surface area (Å²) in [5.74, 6) is -0.204. The highest BCUT2D eigenvalue weighted by molar-refractivity contribution is 5.92. The zero-order valence-corrected chi connectivity index (χ0v) is 13.4. The molecule has 1 aromatic heterocycles. The monoisotopic (exact) mass is 293 g/mol. The van der Waals surface area contributed by atoms with Crippen LogP contribution in [0.5, 0.6) is 0 Å². The molecule has 118 valence electrons. The van der Waals surface area contributed by atoms with Crippen molar-refractivity contribution >= 4 is 5.91 Å². The molecule has 1 amide bonds. The molecule has 0 fully saturated rings. The average molecular weight is 293 g/mol. The molecule has 1 aromatic rings. The summed E-state index contributed by atoms with van der Waals surface area (Å²) in [6.07, 6.45) is 6.30. The van der Waals surface area contributed by atoms with Crippen molar-refractivity contribution in [3.8, 4) is 0 Å². The van der Waals surface area contributed by atoms with Gasteiger partial charge in [0.2, 0.25) is 0 Å². The molecule has 0 saturated heterocycles. The van der Waals surface area contributed by atoms with Gasteiger partial charge in [0.1, 0.15) is 5.69 Å². The zero-order valence-electron chi connectivity index (χ0n) is 13.4. The molecule has 1 rings (SSSR count). The lowest BCUT2D eigenvalue weighted by Gasteiger charge is -2.13. The summed E-state index contributed by atoms with van der Waals surface area (Å²) < 4.78 is 1.38. The van der Waals surface area contributed by atoms with Crippen LogP contribution < -0.4 is 10.9 Å². The van der Waals surface area contributed by atoms with Gasteiger partial charge in [0.05, 0.1) is 0 Å². The van der Waals surface area contributed by atoms with E-state index < -0.39 is 0 Å². The van der Waals surface area contributed by atoms with E-state index in [4.69, 9.17) is 0 Å². The van der Waals surface area contributed by atoms with Gasteiger partial charge in [-0.1, -0.05) is 39.5 Å². The maximum atomic E-state index is 12.1. The van der Waals surface area contributed by atoms with Crippen molar-refractivity contribution in [1.82, 2.24) is 15.1 Å². The molecule has 5 heteroatoms. The van der Waals surface area contributed by atoms with Gasteiger partial charge in [0.15, 0.2) is 0 Å². The average Bonchev–Trinajstić information content (AvgIpc) is 2.46. The number of hydrogen-bond donors (Lipinski definition) is 1. The molecule has 1 heterocycles. The molecule has 0 saturated carbocycles. The van der Waals surface area contributed by atoms with Crippen LogP contribution in [0.1, 0.15) is 69.8 Å². The van der Waals surface area contributed by atoms with E-state index in [1.807, 2.05) is 6.92 Å². The molecular weight excluding hydrogens is 266 g/mol. The molecule has 21 heavy (non-hydrogen) atoms. The normalized spacial score (nSPS) is 12.1. The van der Waals surface area contributed by atoms with Crippen molar-refractivity contribution in [2.45, 2.75) is 71.9 Å². The lowest BCUT2D eigenvalue weighted by molar-refractivity contribution is 0.0930. The number of aromatic nitrogens is 2. The van der Waals surface area contributed by atoms with Crippen molar-refractivity contribution in [3.63, 3.8) is 0 Å². The summed E-state index contributed by atoms with van der Waals surface area (Å²) in [6.45, 7) is 6.77. The van der Waals surface area contributed by atoms with Crippen LogP contribution in [-0.2, 0) is 6.54 Å². The number of nitrogens with zero attached hydrogens (tertiary/aromatic N) is 2. The molecule has 1 N–H and O–H groups in total. The van der Waals surface area contributed by atoms with Crippen LogP contribution in [0.2, 0.25) is 0 Å². The first-order chi connectivity index (χ1) is 10.1. The largest absolute Gasteiger partial charge is 0.348 e. The number of hydrogen-bond acceptors (Lipinski definition) is 3. The first-order valence-electron chi connectivity index (χ1n) is 7.97. The summed E-state index contributed by atoms with van der Waals surface area (Å²) >= 11 is 0. The van der Waals surface area contributed by atoms with Gasteiger partial charge in [-0.05, 0) is 25.8 Å². The summed E-state index contributed by atoms with van der Waals surface area (Å²) in [7, 11) is 0. The predicted octanol–water partition coefficient (Wildman–Crippen LogP) is 2.74. The second-order valence-electron chi connectivity index (χ2n) is 5.50. The summed E-state index contributed by atoms with van der Waals surface area (Å²) in [5, 5.41) is 7.09. The van der Waals surface area contributed by atoms with Gasteiger partial charge in [-0.3, -0.25) is 9.59 Å². The Morgan fingerprint density at radius 3 is 2.62 bits per heavy atom. The first-order valence-corrected chi connectivity index (χ1v) is 7.97. The molecule has 0 aromatic carbocycles. The molecule has 0 spiro atoms. The molecule has 0 bridgehead atoms. The van der Waals surface area contributed by atoms with Gasteiger partial charge in [-0.15, -0.1) is 0 Å². The number of aryl methyl sites for hydroxylation is 1. The fourth-order valence-corrected chi connectivity index (χ4v) is 2.11. The Kier molecular flexibility index (Phi) is 7.72. The molecular formula is C16H27N3O2. The highest BCUT2D eigenvalue weighted by Crippen LogP contribution is 2.03. The van der Waals surface area contributed by atoms with Crippen molar-refractivity contribution in [1.29, 1.82) is 0 Å². The quantitative estimate of drug-likeness (QED) is 0.712. The van der Waals surface area contributed by atoms with Crippen LogP contribution in [0.25, 0.3) is 0 Å². The number of amides is 1. The number of carbonyl (C=O) groups excluding carboxylic acids is 1. The van der Waals surface area contributed by atoms with Crippen molar-refractivity contribution in [2.75, 3.05) is 0 Å². The predicted molar refractivity (Wildman–Crippen MR) is 84.5 cm³/mol. The second-order valence-corrected chi connectivity index (χ2v) is 5.50. The Bertz CT molecular complexity index is 497. The minimum Gasteiger partial charge on any atom is -0.348 e. The maximum Gasteiger partial charge on any atom is 0.271 e. The summed E-state index contributed by atoms with van der Waals surface area (Å²) in [5.41, 5.74) is 0.157. The number of rotatable bonds is 9. The summed E-state index contributed by atoms with van der Waals surface area (Å²) in [6, 6.07) is 3.04. The fourth-order valence-electron chi connectivity index (χ4n) is 2.11. The Balaban J connectivity index is 2.63. The maximum absolute atomic E-state index is 12.1. The van der Waals surface area contributed by atoms with Crippen LogP contribution in [0.3, 0.4) is 0 Å². The third-order valence-electron chi connectivity index (χ3n) is 3.44. The second kappa shape index (κ2) is 9.32. The van der Waals surface area contributed by atoms with Gasteiger partial charge in [-0.2, -0.15) is 5.10 Å². The van der Waals surface area contributed by atoms with Gasteiger partial charge in [-0.25, -0.2) is 4.68 Å². The molecule has 1 unspecified atom stereocenters. The molecule has 0 aliphatic carbocycles. The molecule has 5 nitrogen and oxygen atoms in total. The smallest absolute Gasteiger partial charge is 0.271 e. The number of carbonyl (C=O) groups is 1. The van der Waals surface area contributed by atoms with Gasteiger partial charge < -0.3 is 5.32 Å². The van der Waals surface area contributed by atoms with E-state index in [0.29, 0.717) is 12.2 Å². The minimum atomic E-state index is -0.204. The highest BCUT2D eigenvalue weighted by Gasteiger charge is 2.12. The Labute approximate surface area is 126 Å². The van der Waals surface area contributed by atoms with Crippen LogP contribution in [0.15, 0.2) is 16.9 Å². The van der Waals surface area contributed by atoms with E-state index in [0.717, 1.165) is 25.7 Å². The first kappa shape index (κ1) is 17.4. The SMILES string of the molecule is CCCCCC(C)NC(=O)c1ccc(=O)n(CCCC)n1. The highest BCUT2D eigenvalue weighted by atomic mass is 16.2.